The summed E-state index contributed by atoms with van der Waals surface area (Å²) in [5.74, 6) is 0.876. The van der Waals surface area contributed by atoms with Gasteiger partial charge in [0.05, 0.1) is 0 Å². The standard InChI is InChI=1S/C12H20N4O.ClH/c1-2-3-10-8-11(16-15-10)14-12(17)9-4-6-13-7-5-9;/h8-9,13H,2-7H2,1H3,(H2,14,15,16,17);1H. The molecule has 6 heteroatoms. The SMILES string of the molecule is CCCc1cc(NC(=O)C2CCNCC2)n[nH]1.Cl. The fourth-order valence-electron chi connectivity index (χ4n) is 2.14. The number of aryl methyl sites for hydroxylation is 1. The van der Waals surface area contributed by atoms with Crippen molar-refractivity contribution in [1.82, 2.24) is 15.5 Å². The molecule has 1 aromatic heterocycles. The molecule has 1 aliphatic rings. The van der Waals surface area contributed by atoms with Crippen LogP contribution in [0.2, 0.25) is 0 Å². The monoisotopic (exact) mass is 272 g/mol. The Labute approximate surface area is 114 Å². The van der Waals surface area contributed by atoms with Crippen molar-refractivity contribution in [2.45, 2.75) is 32.6 Å². The largest absolute Gasteiger partial charge is 0.317 e. The van der Waals surface area contributed by atoms with Crippen LogP contribution < -0.4 is 10.6 Å². The van der Waals surface area contributed by atoms with Crippen LogP contribution in [0.3, 0.4) is 0 Å². The van der Waals surface area contributed by atoms with Crippen LogP contribution in [0.1, 0.15) is 31.9 Å². The Morgan fingerprint density at radius 3 is 2.89 bits per heavy atom. The molecule has 1 aromatic rings. The van der Waals surface area contributed by atoms with Crippen LogP contribution in [0.5, 0.6) is 0 Å². The number of hydrogen-bond acceptors (Lipinski definition) is 3. The van der Waals surface area contributed by atoms with Crippen LogP contribution in [-0.2, 0) is 11.2 Å². The molecular weight excluding hydrogens is 252 g/mol. The minimum atomic E-state index is 0. The molecule has 5 nitrogen and oxygen atoms in total. The zero-order valence-electron chi connectivity index (χ0n) is 10.7. The molecular formula is C12H21ClN4O. The Kier molecular flexibility index (Phi) is 6.15. The Bertz CT molecular complexity index is 374. The minimum Gasteiger partial charge on any atom is -0.317 e. The van der Waals surface area contributed by atoms with E-state index in [1.807, 2.05) is 6.07 Å². The van der Waals surface area contributed by atoms with Crippen molar-refractivity contribution < 1.29 is 4.79 Å². The molecule has 0 aliphatic carbocycles. The molecule has 2 rings (SSSR count). The number of aromatic nitrogens is 2. The maximum absolute atomic E-state index is 11.9. The Morgan fingerprint density at radius 2 is 2.22 bits per heavy atom. The van der Waals surface area contributed by atoms with Gasteiger partial charge in [-0.3, -0.25) is 9.89 Å². The number of carbonyl (C=O) groups excluding carboxylic acids is 1. The molecule has 2 heterocycles. The van der Waals surface area contributed by atoms with E-state index >= 15 is 0 Å². The number of H-pyrrole nitrogens is 1. The van der Waals surface area contributed by atoms with E-state index in [0.29, 0.717) is 5.82 Å². The van der Waals surface area contributed by atoms with Crippen molar-refractivity contribution in [3.63, 3.8) is 0 Å². The van der Waals surface area contributed by atoms with Gasteiger partial charge >= 0.3 is 0 Å². The lowest BCUT2D eigenvalue weighted by molar-refractivity contribution is -0.120. The third-order valence-electron chi connectivity index (χ3n) is 3.11. The van der Waals surface area contributed by atoms with Crippen molar-refractivity contribution in [3.8, 4) is 0 Å². The van der Waals surface area contributed by atoms with Crippen molar-refractivity contribution >= 4 is 24.1 Å². The quantitative estimate of drug-likeness (QED) is 0.782. The average Bonchev–Trinajstić information content (AvgIpc) is 2.78. The number of carbonyl (C=O) groups is 1. The summed E-state index contributed by atoms with van der Waals surface area (Å²) in [6, 6.07) is 1.92. The number of aromatic amines is 1. The maximum atomic E-state index is 11.9. The van der Waals surface area contributed by atoms with Gasteiger partial charge < -0.3 is 10.6 Å². The summed E-state index contributed by atoms with van der Waals surface area (Å²) in [4.78, 5) is 11.9. The Balaban J connectivity index is 0.00000162. The van der Waals surface area contributed by atoms with Crippen LogP contribution in [0.4, 0.5) is 5.82 Å². The lowest BCUT2D eigenvalue weighted by atomic mass is 9.97. The molecule has 0 aromatic carbocycles. The molecule has 0 unspecified atom stereocenters. The van der Waals surface area contributed by atoms with Crippen LogP contribution in [0, 0.1) is 5.92 Å². The molecule has 0 atom stereocenters. The van der Waals surface area contributed by atoms with Crippen molar-refractivity contribution in [3.05, 3.63) is 11.8 Å². The van der Waals surface area contributed by atoms with Crippen LogP contribution in [-0.4, -0.2) is 29.2 Å². The molecule has 1 fully saturated rings. The van der Waals surface area contributed by atoms with E-state index in [1.54, 1.807) is 0 Å². The number of amides is 1. The fraction of sp³-hybridized carbons (Fsp3) is 0.667. The van der Waals surface area contributed by atoms with Gasteiger partial charge in [-0.15, -0.1) is 12.4 Å². The van der Waals surface area contributed by atoms with Gasteiger partial charge in [0, 0.05) is 17.7 Å². The van der Waals surface area contributed by atoms with Crippen molar-refractivity contribution in [1.29, 1.82) is 0 Å². The number of piperidine rings is 1. The van der Waals surface area contributed by atoms with E-state index in [1.165, 1.54) is 0 Å². The molecule has 0 radical (unpaired) electrons. The molecule has 0 bridgehead atoms. The minimum absolute atomic E-state index is 0. The summed E-state index contributed by atoms with van der Waals surface area (Å²) in [5, 5.41) is 13.2. The second kappa shape index (κ2) is 7.38. The van der Waals surface area contributed by atoms with E-state index in [-0.39, 0.29) is 24.2 Å². The molecule has 3 N–H and O–H groups in total. The van der Waals surface area contributed by atoms with E-state index < -0.39 is 0 Å². The van der Waals surface area contributed by atoms with Crippen molar-refractivity contribution in [2.24, 2.45) is 5.92 Å². The first-order chi connectivity index (χ1) is 8.29. The summed E-state index contributed by atoms with van der Waals surface area (Å²) in [5.41, 5.74) is 1.08. The number of nitrogens with zero attached hydrogens (tertiary/aromatic N) is 1. The highest BCUT2D eigenvalue weighted by atomic mass is 35.5. The van der Waals surface area contributed by atoms with E-state index in [0.717, 1.165) is 44.5 Å². The lowest BCUT2D eigenvalue weighted by Gasteiger charge is -2.21. The molecule has 1 aliphatic heterocycles. The number of rotatable bonds is 4. The summed E-state index contributed by atoms with van der Waals surface area (Å²) >= 11 is 0. The Hall–Kier alpha value is -1.07. The van der Waals surface area contributed by atoms with E-state index in [4.69, 9.17) is 0 Å². The molecule has 1 saturated heterocycles. The van der Waals surface area contributed by atoms with Crippen LogP contribution >= 0.6 is 12.4 Å². The summed E-state index contributed by atoms with van der Waals surface area (Å²) in [6.07, 6.45) is 3.87. The lowest BCUT2D eigenvalue weighted by Crippen LogP contribution is -2.34. The smallest absolute Gasteiger partial charge is 0.228 e. The van der Waals surface area contributed by atoms with Gasteiger partial charge in [0.25, 0.3) is 0 Å². The van der Waals surface area contributed by atoms with Crippen LogP contribution in [0.25, 0.3) is 0 Å². The first-order valence-corrected chi connectivity index (χ1v) is 6.35. The van der Waals surface area contributed by atoms with E-state index in [9.17, 15) is 4.79 Å². The van der Waals surface area contributed by atoms with Crippen LogP contribution in [0.15, 0.2) is 6.07 Å². The average molecular weight is 273 g/mol. The Morgan fingerprint density at radius 1 is 1.50 bits per heavy atom. The summed E-state index contributed by atoms with van der Waals surface area (Å²) in [7, 11) is 0. The zero-order valence-corrected chi connectivity index (χ0v) is 11.5. The maximum Gasteiger partial charge on any atom is 0.228 e. The van der Waals surface area contributed by atoms with Gasteiger partial charge in [0.2, 0.25) is 5.91 Å². The van der Waals surface area contributed by atoms with Gasteiger partial charge in [0.1, 0.15) is 0 Å². The first kappa shape index (κ1) is 15.0. The molecule has 0 spiro atoms. The van der Waals surface area contributed by atoms with Gasteiger partial charge in [-0.2, -0.15) is 5.10 Å². The topological polar surface area (TPSA) is 69.8 Å². The predicted molar refractivity (Wildman–Crippen MR) is 74.1 cm³/mol. The van der Waals surface area contributed by atoms with Gasteiger partial charge in [-0.05, 0) is 32.4 Å². The van der Waals surface area contributed by atoms with Crippen molar-refractivity contribution in [2.75, 3.05) is 18.4 Å². The second-order valence-corrected chi connectivity index (χ2v) is 4.54. The highest BCUT2D eigenvalue weighted by molar-refractivity contribution is 5.91. The molecule has 1 amide bonds. The third-order valence-corrected chi connectivity index (χ3v) is 3.11. The van der Waals surface area contributed by atoms with Gasteiger partial charge in [-0.1, -0.05) is 13.3 Å². The third kappa shape index (κ3) is 3.99. The number of anilines is 1. The fourth-order valence-corrected chi connectivity index (χ4v) is 2.14. The summed E-state index contributed by atoms with van der Waals surface area (Å²) < 4.78 is 0. The van der Waals surface area contributed by atoms with Gasteiger partial charge in [0.15, 0.2) is 5.82 Å². The second-order valence-electron chi connectivity index (χ2n) is 4.54. The zero-order chi connectivity index (χ0) is 12.1. The van der Waals surface area contributed by atoms with Gasteiger partial charge in [-0.25, -0.2) is 0 Å². The number of hydrogen-bond donors (Lipinski definition) is 3. The number of halogens is 1. The predicted octanol–water partition coefficient (Wildman–Crippen LogP) is 1.72. The molecule has 18 heavy (non-hydrogen) atoms. The highest BCUT2D eigenvalue weighted by Crippen LogP contribution is 2.15. The normalized spacial score (nSPS) is 16.1. The molecule has 102 valence electrons. The van der Waals surface area contributed by atoms with E-state index in [2.05, 4.69) is 27.8 Å². The highest BCUT2D eigenvalue weighted by Gasteiger charge is 2.21. The first-order valence-electron chi connectivity index (χ1n) is 6.35. The molecule has 0 saturated carbocycles. The number of nitrogens with one attached hydrogen (secondary N) is 3. The summed E-state index contributed by atoms with van der Waals surface area (Å²) in [6.45, 7) is 3.98.